The van der Waals surface area contributed by atoms with Crippen LogP contribution in [0.15, 0.2) is 53.6 Å². The van der Waals surface area contributed by atoms with Crippen molar-refractivity contribution >= 4 is 17.5 Å². The number of nitrogens with one attached hydrogen (secondary N) is 3. The molecule has 2 heterocycles. The topological polar surface area (TPSA) is 97.5 Å². The van der Waals surface area contributed by atoms with Crippen molar-refractivity contribution in [1.82, 2.24) is 20.1 Å². The van der Waals surface area contributed by atoms with Gasteiger partial charge in [-0.2, -0.15) is 0 Å². The first-order valence-electron chi connectivity index (χ1n) is 9.28. The van der Waals surface area contributed by atoms with Crippen molar-refractivity contribution in [3.63, 3.8) is 0 Å². The Kier molecular flexibility index (Phi) is 6.57. The van der Waals surface area contributed by atoms with E-state index in [2.05, 4.69) is 32.5 Å². The summed E-state index contributed by atoms with van der Waals surface area (Å²) in [5, 5.41) is 5.05. The molecule has 0 unspecified atom stereocenters. The number of H-pyrrole nitrogens is 1. The molecule has 28 heavy (non-hydrogen) atoms. The van der Waals surface area contributed by atoms with Gasteiger partial charge in [-0.25, -0.2) is 0 Å². The van der Waals surface area contributed by atoms with Gasteiger partial charge >= 0.3 is 11.8 Å². The van der Waals surface area contributed by atoms with E-state index in [4.69, 9.17) is 0 Å². The number of anilines is 1. The van der Waals surface area contributed by atoms with Crippen molar-refractivity contribution in [2.75, 3.05) is 45.1 Å². The first kappa shape index (κ1) is 19.8. The first-order valence-corrected chi connectivity index (χ1v) is 9.28. The number of aromatic nitrogens is 1. The van der Waals surface area contributed by atoms with Crippen LogP contribution in [0.2, 0.25) is 0 Å². The van der Waals surface area contributed by atoms with Gasteiger partial charge in [0.25, 0.3) is 0 Å². The molecule has 0 aliphatic carbocycles. The van der Waals surface area contributed by atoms with Gasteiger partial charge < -0.3 is 20.5 Å². The third kappa shape index (κ3) is 5.05. The Labute approximate surface area is 163 Å². The van der Waals surface area contributed by atoms with Crippen molar-refractivity contribution in [3.8, 4) is 0 Å². The lowest BCUT2D eigenvalue weighted by atomic mass is 10.0. The van der Waals surface area contributed by atoms with E-state index in [-0.39, 0.29) is 17.2 Å². The van der Waals surface area contributed by atoms with Crippen LogP contribution >= 0.6 is 0 Å². The monoisotopic (exact) mass is 383 g/mol. The molecule has 148 valence electrons. The zero-order chi connectivity index (χ0) is 19.9. The lowest BCUT2D eigenvalue weighted by Gasteiger charge is -2.38. The second kappa shape index (κ2) is 9.29. The van der Waals surface area contributed by atoms with Gasteiger partial charge in [-0.05, 0) is 12.6 Å². The number of nitrogens with zero attached hydrogens (tertiary/aromatic N) is 2. The molecule has 8 nitrogen and oxygen atoms in total. The van der Waals surface area contributed by atoms with Crippen LogP contribution in [0.25, 0.3) is 0 Å². The SMILES string of the molecule is CN1CCN([C@@H](CNC(=O)C(=O)Nc2c[nH]ccc2=O)c2ccccc2)CC1. The number of carbonyl (C=O) groups excluding carboxylic acids is 2. The van der Waals surface area contributed by atoms with Gasteiger partial charge in [-0.1, -0.05) is 30.3 Å². The maximum absolute atomic E-state index is 12.3. The summed E-state index contributed by atoms with van der Waals surface area (Å²) >= 11 is 0. The van der Waals surface area contributed by atoms with Crippen LogP contribution in [-0.2, 0) is 9.59 Å². The zero-order valence-electron chi connectivity index (χ0n) is 15.9. The Morgan fingerprint density at radius 1 is 1.07 bits per heavy atom. The van der Waals surface area contributed by atoms with Gasteiger partial charge in [-0.15, -0.1) is 0 Å². The number of likely N-dealkylation sites (N-methyl/N-ethyl adjacent to an activating group) is 1. The normalized spacial score (nSPS) is 16.3. The second-order valence-electron chi connectivity index (χ2n) is 6.85. The van der Waals surface area contributed by atoms with Crippen molar-refractivity contribution in [3.05, 3.63) is 64.6 Å². The summed E-state index contributed by atoms with van der Waals surface area (Å²) in [7, 11) is 2.09. The number of aromatic amines is 1. The number of benzene rings is 1. The minimum Gasteiger partial charge on any atom is -0.366 e. The van der Waals surface area contributed by atoms with Crippen molar-refractivity contribution in [2.24, 2.45) is 0 Å². The van der Waals surface area contributed by atoms with Gasteiger partial charge in [0.05, 0.1) is 6.04 Å². The summed E-state index contributed by atoms with van der Waals surface area (Å²) in [5.74, 6) is -1.62. The Morgan fingerprint density at radius 2 is 1.79 bits per heavy atom. The highest BCUT2D eigenvalue weighted by atomic mass is 16.2. The highest BCUT2D eigenvalue weighted by Crippen LogP contribution is 2.21. The lowest BCUT2D eigenvalue weighted by Crippen LogP contribution is -2.49. The van der Waals surface area contributed by atoms with E-state index in [1.807, 2.05) is 30.3 Å². The Balaban J connectivity index is 1.64. The number of hydrogen-bond donors (Lipinski definition) is 3. The fourth-order valence-corrected chi connectivity index (χ4v) is 3.23. The standard InChI is InChI=1S/C20H25N5O3/c1-24-9-11-25(12-10-24)17(15-5-3-2-4-6-15)14-22-19(27)20(28)23-16-13-21-8-7-18(16)26/h2-8,13,17H,9-12,14H2,1H3,(H,21,26)(H,22,27)(H,23,28)/t17-/m0/s1. The van der Waals surface area contributed by atoms with E-state index >= 15 is 0 Å². The van der Waals surface area contributed by atoms with Crippen molar-refractivity contribution < 1.29 is 9.59 Å². The van der Waals surface area contributed by atoms with Crippen LogP contribution in [0.1, 0.15) is 11.6 Å². The van der Waals surface area contributed by atoms with E-state index in [1.165, 1.54) is 18.5 Å². The number of rotatable bonds is 5. The van der Waals surface area contributed by atoms with Gasteiger partial charge in [0, 0.05) is 51.2 Å². The van der Waals surface area contributed by atoms with E-state index in [1.54, 1.807) is 0 Å². The molecule has 8 heteroatoms. The number of hydrogen-bond acceptors (Lipinski definition) is 5. The summed E-state index contributed by atoms with van der Waals surface area (Å²) in [4.78, 5) is 43.4. The van der Waals surface area contributed by atoms with Gasteiger partial charge in [0.15, 0.2) is 0 Å². The Morgan fingerprint density at radius 3 is 2.46 bits per heavy atom. The van der Waals surface area contributed by atoms with E-state index in [9.17, 15) is 14.4 Å². The summed E-state index contributed by atoms with van der Waals surface area (Å²) < 4.78 is 0. The minimum atomic E-state index is -0.859. The molecule has 0 radical (unpaired) electrons. The van der Waals surface area contributed by atoms with Gasteiger partial charge in [-0.3, -0.25) is 19.3 Å². The van der Waals surface area contributed by atoms with E-state index < -0.39 is 11.8 Å². The molecule has 2 aromatic rings. The number of pyridine rings is 1. The molecule has 2 amide bonds. The minimum absolute atomic E-state index is 0.0215. The highest BCUT2D eigenvalue weighted by molar-refractivity contribution is 6.39. The van der Waals surface area contributed by atoms with Crippen molar-refractivity contribution in [1.29, 1.82) is 0 Å². The average Bonchev–Trinajstić information content (AvgIpc) is 2.71. The Hall–Kier alpha value is -2.97. The number of piperazine rings is 1. The fourth-order valence-electron chi connectivity index (χ4n) is 3.23. The summed E-state index contributed by atoms with van der Waals surface area (Å²) in [6.45, 7) is 3.99. The second-order valence-corrected chi connectivity index (χ2v) is 6.85. The molecular formula is C20H25N5O3. The predicted molar refractivity (Wildman–Crippen MR) is 107 cm³/mol. The maximum atomic E-state index is 12.3. The molecule has 3 rings (SSSR count). The van der Waals surface area contributed by atoms with Crippen molar-refractivity contribution in [2.45, 2.75) is 6.04 Å². The molecule has 0 bridgehead atoms. The van der Waals surface area contributed by atoms with Crippen LogP contribution in [-0.4, -0.2) is 66.4 Å². The van der Waals surface area contributed by atoms with E-state index in [0.717, 1.165) is 31.7 Å². The molecule has 1 aliphatic heterocycles. The first-order chi connectivity index (χ1) is 13.5. The summed E-state index contributed by atoms with van der Waals surface area (Å²) in [6.07, 6.45) is 2.81. The maximum Gasteiger partial charge on any atom is 0.313 e. The highest BCUT2D eigenvalue weighted by Gasteiger charge is 2.25. The molecule has 1 aliphatic rings. The molecule has 3 N–H and O–H groups in total. The average molecular weight is 383 g/mol. The van der Waals surface area contributed by atoms with Crippen LogP contribution in [0, 0.1) is 0 Å². The number of amides is 2. The Bertz CT molecular complexity index is 859. The third-order valence-electron chi connectivity index (χ3n) is 4.90. The van der Waals surface area contributed by atoms with Gasteiger partial charge in [0.2, 0.25) is 5.43 Å². The van der Waals surface area contributed by atoms with Crippen LogP contribution < -0.4 is 16.1 Å². The molecular weight excluding hydrogens is 358 g/mol. The predicted octanol–water partition coefficient (Wildman–Crippen LogP) is 0.418. The number of carbonyl (C=O) groups is 2. The van der Waals surface area contributed by atoms with Crippen LogP contribution in [0.5, 0.6) is 0 Å². The third-order valence-corrected chi connectivity index (χ3v) is 4.90. The summed E-state index contributed by atoms with van der Waals surface area (Å²) in [5.41, 5.74) is 0.771. The largest absolute Gasteiger partial charge is 0.366 e. The molecule has 0 saturated carbocycles. The van der Waals surface area contributed by atoms with E-state index in [0.29, 0.717) is 6.54 Å². The van der Waals surface area contributed by atoms with Gasteiger partial charge in [0.1, 0.15) is 5.69 Å². The smallest absolute Gasteiger partial charge is 0.313 e. The van der Waals surface area contributed by atoms with Crippen LogP contribution in [0.3, 0.4) is 0 Å². The molecule has 1 aromatic carbocycles. The molecule has 1 saturated heterocycles. The quantitative estimate of drug-likeness (QED) is 0.650. The molecule has 1 atom stereocenters. The van der Waals surface area contributed by atoms with Crippen LogP contribution in [0.4, 0.5) is 5.69 Å². The lowest BCUT2D eigenvalue weighted by molar-refractivity contribution is -0.136. The zero-order valence-corrected chi connectivity index (χ0v) is 15.9. The molecule has 1 aromatic heterocycles. The molecule has 0 spiro atoms. The summed E-state index contributed by atoms with van der Waals surface area (Å²) in [6, 6.07) is 11.2. The fraction of sp³-hybridized carbons (Fsp3) is 0.350. The molecule has 1 fully saturated rings.